The van der Waals surface area contributed by atoms with Gasteiger partial charge < -0.3 is 19.5 Å². The molecule has 2 atom stereocenters. The van der Waals surface area contributed by atoms with Crippen molar-refractivity contribution in [3.8, 4) is 0 Å². The zero-order valence-corrected chi connectivity index (χ0v) is 17.1. The number of carbonyl (C=O) groups excluding carboxylic acids is 2. The summed E-state index contributed by atoms with van der Waals surface area (Å²) in [6, 6.07) is 7.67. The minimum atomic E-state index is -0.300. The Morgan fingerprint density at radius 2 is 2.07 bits per heavy atom. The Bertz CT molecular complexity index is 845. The molecule has 0 saturated carbocycles. The topological polar surface area (TPSA) is 76.5 Å². The van der Waals surface area contributed by atoms with Crippen molar-refractivity contribution in [1.82, 2.24) is 19.8 Å². The quantitative estimate of drug-likeness (QED) is 0.756. The van der Waals surface area contributed by atoms with E-state index in [0.717, 1.165) is 16.9 Å². The molecule has 0 bridgehead atoms. The van der Waals surface area contributed by atoms with Gasteiger partial charge in [-0.15, -0.1) is 0 Å². The third-order valence-corrected chi connectivity index (χ3v) is 5.12. The Morgan fingerprint density at radius 1 is 1.32 bits per heavy atom. The first-order valence-electron chi connectivity index (χ1n) is 9.93. The van der Waals surface area contributed by atoms with Crippen LogP contribution in [0.5, 0.6) is 0 Å². The fourth-order valence-corrected chi connectivity index (χ4v) is 3.80. The summed E-state index contributed by atoms with van der Waals surface area (Å²) in [4.78, 5) is 31.5. The molecule has 1 aliphatic rings. The second kappa shape index (κ2) is 8.73. The molecule has 0 radical (unpaired) electrons. The number of nitrogens with zero attached hydrogens (tertiary/aromatic N) is 3. The largest absolute Gasteiger partial charge is 0.383 e. The van der Waals surface area contributed by atoms with Gasteiger partial charge in [0.15, 0.2) is 0 Å². The van der Waals surface area contributed by atoms with E-state index in [0.29, 0.717) is 32.2 Å². The molecule has 1 unspecified atom stereocenters. The standard InChI is InChI=1S/C21H30N4O3/c1-14(2)12-24-13-16(11-19(24)26)21(27)22-15(3)20-23-17-7-5-6-8-18(17)25(20)9-10-28-4/h5-8,14-16H,9-13H2,1-4H3,(H,22,27)/t15-,16?/m0/s1. The number of rotatable bonds is 8. The summed E-state index contributed by atoms with van der Waals surface area (Å²) in [6.45, 7) is 8.51. The predicted molar refractivity (Wildman–Crippen MR) is 108 cm³/mol. The van der Waals surface area contributed by atoms with Gasteiger partial charge in [-0.1, -0.05) is 26.0 Å². The van der Waals surface area contributed by atoms with Gasteiger partial charge in [-0.3, -0.25) is 9.59 Å². The first-order chi connectivity index (χ1) is 13.4. The third kappa shape index (κ3) is 4.35. The Balaban J connectivity index is 1.73. The van der Waals surface area contributed by atoms with Gasteiger partial charge in [0, 0.05) is 33.2 Å². The molecule has 1 aliphatic heterocycles. The smallest absolute Gasteiger partial charge is 0.226 e. The van der Waals surface area contributed by atoms with E-state index in [1.807, 2.05) is 31.2 Å². The first-order valence-corrected chi connectivity index (χ1v) is 9.93. The lowest BCUT2D eigenvalue weighted by Gasteiger charge is -2.20. The van der Waals surface area contributed by atoms with Crippen molar-refractivity contribution in [2.45, 2.75) is 39.8 Å². The third-order valence-electron chi connectivity index (χ3n) is 5.12. The molecule has 28 heavy (non-hydrogen) atoms. The maximum atomic E-state index is 12.8. The van der Waals surface area contributed by atoms with E-state index >= 15 is 0 Å². The number of aromatic nitrogens is 2. The van der Waals surface area contributed by atoms with Gasteiger partial charge in [0.05, 0.1) is 29.6 Å². The Kier molecular flexibility index (Phi) is 6.34. The molecular weight excluding hydrogens is 356 g/mol. The molecule has 0 spiro atoms. The van der Waals surface area contributed by atoms with Gasteiger partial charge in [0.2, 0.25) is 11.8 Å². The highest BCUT2D eigenvalue weighted by molar-refractivity contribution is 5.89. The number of benzene rings is 1. The monoisotopic (exact) mass is 386 g/mol. The second-order valence-corrected chi connectivity index (χ2v) is 7.93. The number of likely N-dealkylation sites (tertiary alicyclic amines) is 1. The van der Waals surface area contributed by atoms with Crippen molar-refractivity contribution >= 4 is 22.8 Å². The summed E-state index contributed by atoms with van der Waals surface area (Å²) >= 11 is 0. The lowest BCUT2D eigenvalue weighted by molar-refractivity contribution is -0.129. The second-order valence-electron chi connectivity index (χ2n) is 7.93. The summed E-state index contributed by atoms with van der Waals surface area (Å²) < 4.78 is 7.33. The number of para-hydroxylation sites is 2. The van der Waals surface area contributed by atoms with Gasteiger partial charge in [-0.2, -0.15) is 0 Å². The minimum absolute atomic E-state index is 0.0637. The summed E-state index contributed by atoms with van der Waals surface area (Å²) in [5, 5.41) is 3.07. The van der Waals surface area contributed by atoms with Crippen LogP contribution >= 0.6 is 0 Å². The zero-order chi connectivity index (χ0) is 20.3. The lowest BCUT2D eigenvalue weighted by atomic mass is 10.1. The van der Waals surface area contributed by atoms with E-state index in [4.69, 9.17) is 9.72 Å². The van der Waals surface area contributed by atoms with Crippen LogP contribution in [0.3, 0.4) is 0 Å². The van der Waals surface area contributed by atoms with Crippen molar-refractivity contribution in [2.24, 2.45) is 11.8 Å². The highest BCUT2D eigenvalue weighted by Gasteiger charge is 2.35. The van der Waals surface area contributed by atoms with Crippen molar-refractivity contribution < 1.29 is 14.3 Å². The fourth-order valence-electron chi connectivity index (χ4n) is 3.80. The van der Waals surface area contributed by atoms with Crippen LogP contribution in [0, 0.1) is 11.8 Å². The number of ether oxygens (including phenoxy) is 1. The van der Waals surface area contributed by atoms with E-state index in [-0.39, 0.29) is 30.2 Å². The molecule has 2 amide bonds. The number of nitrogens with one attached hydrogen (secondary N) is 1. The van der Waals surface area contributed by atoms with Crippen molar-refractivity contribution in [1.29, 1.82) is 0 Å². The van der Waals surface area contributed by atoms with Crippen molar-refractivity contribution in [3.63, 3.8) is 0 Å². The van der Waals surface area contributed by atoms with Crippen LogP contribution in [-0.4, -0.2) is 53.1 Å². The van der Waals surface area contributed by atoms with Gasteiger partial charge in [-0.05, 0) is 25.0 Å². The number of imidazole rings is 1. The summed E-state index contributed by atoms with van der Waals surface area (Å²) in [5.74, 6) is 0.872. The van der Waals surface area contributed by atoms with Gasteiger partial charge in [-0.25, -0.2) is 4.98 Å². The lowest BCUT2D eigenvalue weighted by Crippen LogP contribution is -2.36. The predicted octanol–water partition coefficient (Wildman–Crippen LogP) is 2.36. The number of methoxy groups -OCH3 is 1. The minimum Gasteiger partial charge on any atom is -0.383 e. The van der Waals surface area contributed by atoms with Crippen molar-refractivity contribution in [3.05, 3.63) is 30.1 Å². The number of amides is 2. The van der Waals surface area contributed by atoms with Crippen LogP contribution in [0.25, 0.3) is 11.0 Å². The average molecular weight is 386 g/mol. The number of carbonyl (C=O) groups is 2. The molecule has 2 heterocycles. The van der Waals surface area contributed by atoms with Crippen LogP contribution in [0.1, 0.15) is 39.1 Å². The molecule has 1 aromatic heterocycles. The summed E-state index contributed by atoms with van der Waals surface area (Å²) in [6.07, 6.45) is 0.283. The molecule has 7 heteroatoms. The van der Waals surface area contributed by atoms with E-state index < -0.39 is 0 Å². The zero-order valence-electron chi connectivity index (χ0n) is 17.1. The van der Waals surface area contributed by atoms with Crippen molar-refractivity contribution in [2.75, 3.05) is 26.8 Å². The summed E-state index contributed by atoms with van der Waals surface area (Å²) in [5.41, 5.74) is 1.92. The molecule has 2 aromatic rings. The molecule has 1 fully saturated rings. The van der Waals surface area contributed by atoms with E-state index in [1.54, 1.807) is 12.0 Å². The van der Waals surface area contributed by atoms with Crippen LogP contribution < -0.4 is 5.32 Å². The Morgan fingerprint density at radius 3 is 2.79 bits per heavy atom. The molecule has 1 saturated heterocycles. The van der Waals surface area contributed by atoms with Gasteiger partial charge >= 0.3 is 0 Å². The van der Waals surface area contributed by atoms with Crippen LogP contribution in [0.2, 0.25) is 0 Å². The Hall–Kier alpha value is -2.41. The van der Waals surface area contributed by atoms with Crippen LogP contribution in [-0.2, 0) is 20.9 Å². The Labute approximate surface area is 166 Å². The molecule has 7 nitrogen and oxygen atoms in total. The van der Waals surface area contributed by atoms with E-state index in [2.05, 4.69) is 23.7 Å². The molecule has 1 aromatic carbocycles. The SMILES string of the molecule is COCCn1c([C@H](C)NC(=O)C2CC(=O)N(CC(C)C)C2)nc2ccccc21. The number of fused-ring (bicyclic) bond motifs is 1. The maximum Gasteiger partial charge on any atom is 0.226 e. The molecule has 0 aliphatic carbocycles. The summed E-state index contributed by atoms with van der Waals surface area (Å²) in [7, 11) is 1.67. The highest BCUT2D eigenvalue weighted by atomic mass is 16.5. The van der Waals surface area contributed by atoms with Gasteiger partial charge in [0.1, 0.15) is 5.82 Å². The number of hydrogen-bond acceptors (Lipinski definition) is 4. The molecule has 3 rings (SSSR count). The highest BCUT2D eigenvalue weighted by Crippen LogP contribution is 2.23. The fraction of sp³-hybridized carbons (Fsp3) is 0.571. The average Bonchev–Trinajstić information content (AvgIpc) is 3.20. The first kappa shape index (κ1) is 20.3. The number of hydrogen-bond donors (Lipinski definition) is 1. The van der Waals surface area contributed by atoms with Crippen LogP contribution in [0.15, 0.2) is 24.3 Å². The normalized spacial score (nSPS) is 18.2. The van der Waals surface area contributed by atoms with Crippen LogP contribution in [0.4, 0.5) is 0 Å². The van der Waals surface area contributed by atoms with Gasteiger partial charge in [0.25, 0.3) is 0 Å². The molecular formula is C21H30N4O3. The molecule has 152 valence electrons. The molecule has 1 N–H and O–H groups in total. The maximum absolute atomic E-state index is 12.8. The van der Waals surface area contributed by atoms with E-state index in [9.17, 15) is 9.59 Å². The van der Waals surface area contributed by atoms with E-state index in [1.165, 1.54) is 0 Å².